The van der Waals surface area contributed by atoms with Gasteiger partial charge in [0.1, 0.15) is 11.5 Å². The number of amides is 1. The van der Waals surface area contributed by atoms with Crippen molar-refractivity contribution in [1.29, 1.82) is 0 Å². The first-order valence-electron chi connectivity index (χ1n) is 7.51. The quantitative estimate of drug-likeness (QED) is 0.639. The van der Waals surface area contributed by atoms with E-state index in [2.05, 4.69) is 10.4 Å². The number of rotatable bonds is 2. The summed E-state index contributed by atoms with van der Waals surface area (Å²) in [5, 5.41) is 0. The number of piperidine rings is 1. The van der Waals surface area contributed by atoms with Crippen molar-refractivity contribution in [3.8, 4) is 0 Å². The minimum absolute atomic E-state index is 0.0334. The summed E-state index contributed by atoms with van der Waals surface area (Å²) in [5.41, 5.74) is 2.97. The van der Waals surface area contributed by atoms with Gasteiger partial charge in [-0.25, -0.2) is 10.8 Å². The molecule has 3 N–H and O–H groups in total. The van der Waals surface area contributed by atoms with Crippen molar-refractivity contribution >= 4 is 11.7 Å². The minimum atomic E-state index is 0.0334. The van der Waals surface area contributed by atoms with E-state index in [4.69, 9.17) is 5.84 Å². The van der Waals surface area contributed by atoms with Gasteiger partial charge in [0.05, 0.1) is 0 Å². The number of anilines is 1. The first kappa shape index (κ1) is 13.4. The van der Waals surface area contributed by atoms with E-state index >= 15 is 0 Å². The summed E-state index contributed by atoms with van der Waals surface area (Å²) >= 11 is 0. The molecule has 2 aliphatic rings. The molecule has 1 aliphatic carbocycles. The molecule has 0 spiro atoms. The predicted molar refractivity (Wildman–Crippen MR) is 78.0 cm³/mol. The monoisotopic (exact) mass is 274 g/mol. The molecule has 2 atom stereocenters. The van der Waals surface area contributed by atoms with E-state index in [0.717, 1.165) is 25.4 Å². The van der Waals surface area contributed by atoms with Crippen molar-refractivity contribution in [1.82, 2.24) is 9.88 Å². The molecule has 1 aromatic rings. The highest BCUT2D eigenvalue weighted by Crippen LogP contribution is 2.36. The number of nitrogens with two attached hydrogens (primary N) is 1. The van der Waals surface area contributed by atoms with Crippen LogP contribution in [-0.4, -0.2) is 28.9 Å². The molecule has 2 fully saturated rings. The summed E-state index contributed by atoms with van der Waals surface area (Å²) in [4.78, 5) is 18.7. The number of hydrogen-bond acceptors (Lipinski definition) is 4. The molecule has 3 rings (SSSR count). The standard InChI is InChI=1S/C15H22N4O/c16-18-14-7-3-6-13(17-14)15(20)19-9-8-11-4-1-2-5-12(11)10-19/h3,6-7,11-12H,1-2,4-5,8-10,16H2,(H,17,18). The van der Waals surface area contributed by atoms with Gasteiger partial charge in [-0.05, 0) is 36.8 Å². The van der Waals surface area contributed by atoms with Crippen LogP contribution >= 0.6 is 0 Å². The fourth-order valence-electron chi connectivity index (χ4n) is 3.58. The van der Waals surface area contributed by atoms with Crippen LogP contribution in [0.1, 0.15) is 42.6 Å². The van der Waals surface area contributed by atoms with E-state index in [1.807, 2.05) is 11.0 Å². The smallest absolute Gasteiger partial charge is 0.272 e. The number of nitrogens with zero attached hydrogens (tertiary/aromatic N) is 2. The molecule has 108 valence electrons. The summed E-state index contributed by atoms with van der Waals surface area (Å²) < 4.78 is 0. The molecule has 1 amide bonds. The SMILES string of the molecule is NNc1cccc(C(=O)N2CCC3CCCCC3C2)n1. The van der Waals surface area contributed by atoms with Crippen LogP contribution in [0.5, 0.6) is 0 Å². The average Bonchev–Trinajstić information content (AvgIpc) is 2.53. The third-order valence-electron chi connectivity index (χ3n) is 4.69. The molecule has 2 unspecified atom stereocenters. The summed E-state index contributed by atoms with van der Waals surface area (Å²) in [6, 6.07) is 5.32. The number of likely N-dealkylation sites (tertiary alicyclic amines) is 1. The van der Waals surface area contributed by atoms with Gasteiger partial charge in [0.25, 0.3) is 5.91 Å². The Kier molecular flexibility index (Phi) is 3.87. The van der Waals surface area contributed by atoms with Crippen LogP contribution in [0.3, 0.4) is 0 Å². The Morgan fingerprint density at radius 3 is 2.85 bits per heavy atom. The van der Waals surface area contributed by atoms with Gasteiger partial charge >= 0.3 is 0 Å². The van der Waals surface area contributed by atoms with Crippen LogP contribution in [0.25, 0.3) is 0 Å². The number of aromatic nitrogens is 1. The lowest BCUT2D eigenvalue weighted by Crippen LogP contribution is -2.45. The molecule has 0 bridgehead atoms. The second-order valence-corrected chi connectivity index (χ2v) is 5.90. The molecular weight excluding hydrogens is 252 g/mol. The topological polar surface area (TPSA) is 71.2 Å². The molecule has 0 radical (unpaired) electrons. The van der Waals surface area contributed by atoms with Gasteiger partial charge in [-0.3, -0.25) is 4.79 Å². The van der Waals surface area contributed by atoms with Crippen LogP contribution in [0.15, 0.2) is 18.2 Å². The van der Waals surface area contributed by atoms with Gasteiger partial charge in [-0.1, -0.05) is 25.3 Å². The van der Waals surface area contributed by atoms with Crippen molar-refractivity contribution in [3.63, 3.8) is 0 Å². The van der Waals surface area contributed by atoms with Crippen molar-refractivity contribution in [2.75, 3.05) is 18.5 Å². The molecule has 5 heteroatoms. The van der Waals surface area contributed by atoms with Crippen LogP contribution in [0, 0.1) is 11.8 Å². The zero-order valence-corrected chi connectivity index (χ0v) is 11.7. The number of nitrogens with one attached hydrogen (secondary N) is 1. The zero-order chi connectivity index (χ0) is 13.9. The minimum Gasteiger partial charge on any atom is -0.337 e. The highest BCUT2D eigenvalue weighted by Gasteiger charge is 2.33. The van der Waals surface area contributed by atoms with Gasteiger partial charge < -0.3 is 10.3 Å². The first-order chi connectivity index (χ1) is 9.78. The second-order valence-electron chi connectivity index (χ2n) is 5.90. The Balaban J connectivity index is 1.70. The highest BCUT2D eigenvalue weighted by atomic mass is 16.2. The summed E-state index contributed by atoms with van der Waals surface area (Å²) in [6.45, 7) is 1.76. The number of nitrogen functional groups attached to an aromatic ring is 1. The normalized spacial score (nSPS) is 25.9. The summed E-state index contributed by atoms with van der Waals surface area (Å²) in [5.74, 6) is 7.43. The van der Waals surface area contributed by atoms with Crippen LogP contribution in [-0.2, 0) is 0 Å². The molecule has 1 aliphatic heterocycles. The van der Waals surface area contributed by atoms with Crippen LogP contribution in [0.2, 0.25) is 0 Å². The lowest BCUT2D eigenvalue weighted by molar-refractivity contribution is 0.0515. The van der Waals surface area contributed by atoms with Crippen LogP contribution < -0.4 is 11.3 Å². The number of carbonyl (C=O) groups is 1. The van der Waals surface area contributed by atoms with Crippen LogP contribution in [0.4, 0.5) is 5.82 Å². The van der Waals surface area contributed by atoms with Crippen molar-refractivity contribution in [2.45, 2.75) is 32.1 Å². The maximum Gasteiger partial charge on any atom is 0.272 e. The van der Waals surface area contributed by atoms with Gasteiger partial charge in [0, 0.05) is 13.1 Å². The second kappa shape index (κ2) is 5.79. The summed E-state index contributed by atoms with van der Waals surface area (Å²) in [7, 11) is 0. The maximum atomic E-state index is 12.5. The molecule has 1 saturated heterocycles. The molecule has 2 heterocycles. The Hall–Kier alpha value is -1.62. The molecule has 5 nitrogen and oxygen atoms in total. The molecule has 20 heavy (non-hydrogen) atoms. The van der Waals surface area contributed by atoms with E-state index in [9.17, 15) is 4.79 Å². The molecular formula is C15H22N4O. The predicted octanol–water partition coefficient (Wildman–Crippen LogP) is 2.02. The Bertz CT molecular complexity index is 491. The molecule has 0 aromatic carbocycles. The van der Waals surface area contributed by atoms with E-state index in [-0.39, 0.29) is 5.91 Å². The highest BCUT2D eigenvalue weighted by molar-refractivity contribution is 5.92. The molecule has 1 aromatic heterocycles. The lowest BCUT2D eigenvalue weighted by Gasteiger charge is -2.41. The van der Waals surface area contributed by atoms with Crippen molar-refractivity contribution in [2.24, 2.45) is 17.7 Å². The fourth-order valence-corrected chi connectivity index (χ4v) is 3.58. The Morgan fingerprint density at radius 2 is 2.05 bits per heavy atom. The fraction of sp³-hybridized carbons (Fsp3) is 0.600. The van der Waals surface area contributed by atoms with Gasteiger partial charge in [0.2, 0.25) is 0 Å². The number of hydrazine groups is 1. The maximum absolute atomic E-state index is 12.5. The van der Waals surface area contributed by atoms with E-state index in [0.29, 0.717) is 17.4 Å². The number of pyridine rings is 1. The van der Waals surface area contributed by atoms with E-state index in [1.165, 1.54) is 25.7 Å². The largest absolute Gasteiger partial charge is 0.337 e. The third kappa shape index (κ3) is 2.63. The Morgan fingerprint density at radius 1 is 1.25 bits per heavy atom. The van der Waals surface area contributed by atoms with Crippen molar-refractivity contribution < 1.29 is 4.79 Å². The average molecular weight is 274 g/mol. The number of carbonyl (C=O) groups excluding carboxylic acids is 1. The van der Waals surface area contributed by atoms with Crippen molar-refractivity contribution in [3.05, 3.63) is 23.9 Å². The van der Waals surface area contributed by atoms with E-state index in [1.54, 1.807) is 12.1 Å². The van der Waals surface area contributed by atoms with Gasteiger partial charge in [-0.15, -0.1) is 0 Å². The number of fused-ring (bicyclic) bond motifs is 1. The Labute approximate surface area is 119 Å². The zero-order valence-electron chi connectivity index (χ0n) is 11.7. The third-order valence-corrected chi connectivity index (χ3v) is 4.69. The van der Waals surface area contributed by atoms with E-state index < -0.39 is 0 Å². The number of hydrogen-bond donors (Lipinski definition) is 2. The van der Waals surface area contributed by atoms with Gasteiger partial charge in [0.15, 0.2) is 0 Å². The lowest BCUT2D eigenvalue weighted by atomic mass is 9.75. The summed E-state index contributed by atoms with van der Waals surface area (Å²) in [6.07, 6.45) is 6.43. The molecule has 1 saturated carbocycles. The first-order valence-corrected chi connectivity index (χ1v) is 7.51. The van der Waals surface area contributed by atoms with Gasteiger partial charge in [-0.2, -0.15) is 0 Å².